The van der Waals surface area contributed by atoms with Crippen LogP contribution in [-0.4, -0.2) is 22.0 Å². The molecule has 4 aromatic carbocycles. The van der Waals surface area contributed by atoms with Crippen LogP contribution in [0.15, 0.2) is 105 Å². The van der Waals surface area contributed by atoms with Crippen molar-refractivity contribution in [1.29, 1.82) is 0 Å². The highest BCUT2D eigenvalue weighted by atomic mass is 79.9. The average molecular weight is 612 g/mol. The maximum Gasteiger partial charge on any atom is 0.267 e. The molecule has 6 heteroatoms. The number of halogens is 1. The fourth-order valence-corrected chi connectivity index (χ4v) is 6.86. The number of hydrogen-bond donors (Lipinski definition) is 0. The molecule has 2 fully saturated rings. The van der Waals surface area contributed by atoms with Gasteiger partial charge in [0, 0.05) is 16.1 Å². The number of aliphatic imine (C=N–C) groups is 1. The van der Waals surface area contributed by atoms with Gasteiger partial charge in [0.25, 0.3) is 5.91 Å². The second kappa shape index (κ2) is 12.0. The van der Waals surface area contributed by atoms with Gasteiger partial charge < -0.3 is 4.74 Å². The molecule has 40 heavy (non-hydrogen) atoms. The number of thioether (sulfide) groups is 1. The van der Waals surface area contributed by atoms with E-state index in [1.165, 1.54) is 18.2 Å². The third kappa shape index (κ3) is 5.74. The molecule has 4 aromatic rings. The zero-order chi connectivity index (χ0) is 27.5. The first kappa shape index (κ1) is 26.9. The Balaban J connectivity index is 1.40. The second-order valence-electron chi connectivity index (χ2n) is 10.5. The number of amidine groups is 1. The van der Waals surface area contributed by atoms with Gasteiger partial charge in [-0.15, -0.1) is 0 Å². The molecule has 1 heterocycles. The molecule has 2 atom stereocenters. The number of benzene rings is 4. The summed E-state index contributed by atoms with van der Waals surface area (Å²) < 4.78 is 7.41. The van der Waals surface area contributed by atoms with E-state index in [0.29, 0.717) is 17.4 Å². The summed E-state index contributed by atoms with van der Waals surface area (Å²) in [6.45, 7) is 2.71. The van der Waals surface area contributed by atoms with Gasteiger partial charge in [-0.25, -0.2) is 4.99 Å². The highest BCUT2D eigenvalue weighted by Gasteiger charge is 2.41. The van der Waals surface area contributed by atoms with Crippen molar-refractivity contribution >= 4 is 61.3 Å². The van der Waals surface area contributed by atoms with Gasteiger partial charge in [-0.2, -0.15) is 0 Å². The number of amides is 1. The van der Waals surface area contributed by atoms with Crippen LogP contribution < -0.4 is 4.74 Å². The summed E-state index contributed by atoms with van der Waals surface area (Å²) in [5.41, 5.74) is 2.86. The zero-order valence-corrected chi connectivity index (χ0v) is 24.8. The predicted octanol–water partition coefficient (Wildman–Crippen LogP) is 9.36. The molecule has 0 bridgehead atoms. The Morgan fingerprint density at radius 2 is 1.70 bits per heavy atom. The molecule has 2 aliphatic rings. The zero-order valence-electron chi connectivity index (χ0n) is 22.4. The number of para-hydroxylation sites is 1. The molecule has 0 spiro atoms. The molecular formula is C34H31BrN2O2S. The largest absolute Gasteiger partial charge is 0.488 e. The molecular weight excluding hydrogens is 580 g/mol. The van der Waals surface area contributed by atoms with Crippen LogP contribution in [0.2, 0.25) is 0 Å². The first-order chi connectivity index (χ1) is 19.6. The van der Waals surface area contributed by atoms with E-state index in [2.05, 4.69) is 53.2 Å². The highest BCUT2D eigenvalue weighted by molar-refractivity contribution is 9.10. The predicted molar refractivity (Wildman–Crippen MR) is 170 cm³/mol. The van der Waals surface area contributed by atoms with Crippen molar-refractivity contribution in [3.8, 4) is 5.75 Å². The summed E-state index contributed by atoms with van der Waals surface area (Å²) in [4.78, 5) is 21.7. The van der Waals surface area contributed by atoms with E-state index in [1.807, 2.05) is 71.6 Å². The quantitative estimate of drug-likeness (QED) is 0.204. The minimum Gasteiger partial charge on any atom is -0.488 e. The highest BCUT2D eigenvalue weighted by Crippen LogP contribution is 2.42. The minimum atomic E-state index is 0.0326. The van der Waals surface area contributed by atoms with Gasteiger partial charge in [0.2, 0.25) is 0 Å². The van der Waals surface area contributed by atoms with Crippen molar-refractivity contribution in [3.05, 3.63) is 112 Å². The second-order valence-corrected chi connectivity index (χ2v) is 12.4. The summed E-state index contributed by atoms with van der Waals surface area (Å²) in [6.07, 6.45) is 6.51. The molecule has 1 amide bonds. The number of ether oxygens (including phenoxy) is 1. The molecule has 0 N–H and O–H groups in total. The Bertz CT molecular complexity index is 1580. The van der Waals surface area contributed by atoms with Crippen LogP contribution in [0.5, 0.6) is 5.75 Å². The van der Waals surface area contributed by atoms with Gasteiger partial charge in [0.15, 0.2) is 5.17 Å². The summed E-state index contributed by atoms with van der Waals surface area (Å²) >= 11 is 4.97. The van der Waals surface area contributed by atoms with E-state index in [0.717, 1.165) is 62.2 Å². The monoisotopic (exact) mass is 610 g/mol. The van der Waals surface area contributed by atoms with E-state index >= 15 is 0 Å². The number of rotatable bonds is 6. The van der Waals surface area contributed by atoms with E-state index in [1.54, 1.807) is 0 Å². The van der Waals surface area contributed by atoms with Crippen molar-refractivity contribution in [2.24, 2.45) is 10.9 Å². The molecule has 202 valence electrons. The van der Waals surface area contributed by atoms with Crippen LogP contribution in [0.3, 0.4) is 0 Å². The van der Waals surface area contributed by atoms with Gasteiger partial charge in [-0.05, 0) is 83.3 Å². The van der Waals surface area contributed by atoms with Gasteiger partial charge in [-0.1, -0.05) is 96.4 Å². The lowest BCUT2D eigenvalue weighted by atomic mass is 9.85. The van der Waals surface area contributed by atoms with Crippen molar-refractivity contribution in [2.75, 3.05) is 0 Å². The average Bonchev–Trinajstić information content (AvgIpc) is 3.28. The van der Waals surface area contributed by atoms with Crippen LogP contribution in [0, 0.1) is 5.92 Å². The number of carbonyl (C=O) groups is 1. The van der Waals surface area contributed by atoms with Crippen LogP contribution in [0.25, 0.3) is 16.8 Å². The lowest BCUT2D eigenvalue weighted by molar-refractivity contribution is -0.124. The molecule has 0 unspecified atom stereocenters. The molecule has 6 rings (SSSR count). The van der Waals surface area contributed by atoms with E-state index in [-0.39, 0.29) is 11.9 Å². The standard InChI is InChI=1S/C34H31BrN2O2S/c1-23-9-5-8-14-30(23)37-33(38)32(40-34(37)36-27-11-3-2-4-12-27)21-29-28-13-7-6-10-25(28)17-20-31(29)39-22-24-15-18-26(35)19-16-24/h2-4,6-7,10-13,15-21,23,30H,5,8-9,14,22H2,1H3/b32-21-,36-34?/t23-,30-/m0/s1. The van der Waals surface area contributed by atoms with Crippen LogP contribution in [0.1, 0.15) is 43.7 Å². The Morgan fingerprint density at radius 1 is 0.950 bits per heavy atom. The Morgan fingerprint density at radius 3 is 2.50 bits per heavy atom. The fraction of sp³-hybridized carbons (Fsp3) is 0.235. The Hall–Kier alpha value is -3.35. The third-order valence-corrected chi connectivity index (χ3v) is 9.24. The smallest absolute Gasteiger partial charge is 0.267 e. The van der Waals surface area contributed by atoms with Crippen molar-refractivity contribution in [2.45, 2.75) is 45.3 Å². The molecule has 1 saturated heterocycles. The molecule has 1 aliphatic heterocycles. The third-order valence-electron chi connectivity index (χ3n) is 7.73. The van der Waals surface area contributed by atoms with Gasteiger partial charge in [-0.3, -0.25) is 9.69 Å². The normalized spacial score (nSPS) is 21.4. The topological polar surface area (TPSA) is 41.9 Å². The first-order valence-electron chi connectivity index (χ1n) is 13.8. The summed E-state index contributed by atoms with van der Waals surface area (Å²) in [5, 5.41) is 2.93. The maximum atomic E-state index is 14.1. The lowest BCUT2D eigenvalue weighted by Crippen LogP contribution is -2.44. The molecule has 1 aliphatic carbocycles. The number of hydrogen-bond acceptors (Lipinski definition) is 4. The lowest BCUT2D eigenvalue weighted by Gasteiger charge is -2.35. The van der Waals surface area contributed by atoms with Crippen molar-refractivity contribution in [1.82, 2.24) is 4.90 Å². The maximum absolute atomic E-state index is 14.1. The van der Waals surface area contributed by atoms with Crippen molar-refractivity contribution < 1.29 is 9.53 Å². The van der Waals surface area contributed by atoms with Crippen LogP contribution >= 0.6 is 27.7 Å². The number of fused-ring (bicyclic) bond motifs is 1. The van der Waals surface area contributed by atoms with E-state index in [9.17, 15) is 4.79 Å². The fourth-order valence-electron chi connectivity index (χ4n) is 5.57. The van der Waals surface area contributed by atoms with Crippen LogP contribution in [0.4, 0.5) is 5.69 Å². The summed E-state index contributed by atoms with van der Waals surface area (Å²) in [7, 11) is 0. The SMILES string of the molecule is C[C@H]1CCCC[C@@H]1N1C(=O)/C(=C/c2c(OCc3ccc(Br)cc3)ccc3ccccc23)SC1=Nc1ccccc1. The summed E-state index contributed by atoms with van der Waals surface area (Å²) in [5.74, 6) is 1.22. The van der Waals surface area contributed by atoms with E-state index in [4.69, 9.17) is 9.73 Å². The van der Waals surface area contributed by atoms with Gasteiger partial charge >= 0.3 is 0 Å². The molecule has 0 aromatic heterocycles. The molecule has 4 nitrogen and oxygen atoms in total. The van der Waals surface area contributed by atoms with Gasteiger partial charge in [0.1, 0.15) is 12.4 Å². The van der Waals surface area contributed by atoms with Crippen LogP contribution in [-0.2, 0) is 11.4 Å². The minimum absolute atomic E-state index is 0.0326. The molecule has 0 radical (unpaired) electrons. The van der Waals surface area contributed by atoms with Gasteiger partial charge in [0.05, 0.1) is 10.6 Å². The Labute approximate surface area is 248 Å². The first-order valence-corrected chi connectivity index (χ1v) is 15.4. The summed E-state index contributed by atoms with van der Waals surface area (Å²) in [6, 6.07) is 30.6. The molecule has 1 saturated carbocycles. The van der Waals surface area contributed by atoms with Crippen molar-refractivity contribution in [3.63, 3.8) is 0 Å². The Kier molecular flexibility index (Phi) is 8.08. The number of carbonyl (C=O) groups excluding carboxylic acids is 1. The number of nitrogens with zero attached hydrogens (tertiary/aromatic N) is 2. The van der Waals surface area contributed by atoms with E-state index < -0.39 is 0 Å².